The largest absolute Gasteiger partial charge is 0.483 e. The molecule has 4 aromatic rings. The Kier molecular flexibility index (Phi) is 8.48. The monoisotopic (exact) mass is 834 g/mol. The molecular weight excluding hydrogens is 809 g/mol. The Morgan fingerprint density at radius 3 is 2.42 bits per heavy atom. The van der Waals surface area contributed by atoms with Crippen LogP contribution in [-0.2, 0) is 30.6 Å². The number of thioether (sulfide) groups is 1. The van der Waals surface area contributed by atoms with Crippen molar-refractivity contribution in [3.05, 3.63) is 96.9 Å². The number of primary sulfonamides is 1. The number of nitrogens with one attached hydrogen (secondary N) is 2. The van der Waals surface area contributed by atoms with Crippen molar-refractivity contribution in [3.63, 3.8) is 0 Å². The lowest BCUT2D eigenvalue weighted by atomic mass is 9.68. The molecule has 3 aromatic carbocycles. The summed E-state index contributed by atoms with van der Waals surface area (Å²) in [7, 11) is -3.91. The summed E-state index contributed by atoms with van der Waals surface area (Å²) in [4.78, 5) is 57.9. The van der Waals surface area contributed by atoms with Gasteiger partial charge in [0.25, 0.3) is 5.91 Å². The average molecular weight is 836 g/mol. The number of thiazole rings is 1. The molecule has 3 heterocycles. The Hall–Kier alpha value is -3.97. The number of rotatable bonds is 7. The van der Waals surface area contributed by atoms with E-state index in [0.717, 1.165) is 33.2 Å². The minimum Gasteiger partial charge on any atom is -0.483 e. The molecule has 6 unspecified atom stereocenters. The summed E-state index contributed by atoms with van der Waals surface area (Å²) < 4.78 is 70.7. The molecule has 2 saturated carbocycles. The summed E-state index contributed by atoms with van der Waals surface area (Å²) in [6, 6.07) is 14.8. The van der Waals surface area contributed by atoms with Gasteiger partial charge >= 0.3 is 11.0 Å². The molecule has 18 heteroatoms. The molecule has 7 atom stereocenters. The fraction of sp³-hybridized carbons (Fsp3) is 0.294. The highest BCUT2D eigenvalue weighted by Crippen LogP contribution is 2.69. The van der Waals surface area contributed by atoms with Gasteiger partial charge in [-0.15, -0.1) is 11.8 Å². The van der Waals surface area contributed by atoms with Gasteiger partial charge in [0.05, 0.1) is 33.0 Å². The lowest BCUT2D eigenvalue weighted by Crippen LogP contribution is -2.42. The van der Waals surface area contributed by atoms with E-state index >= 15 is 0 Å². The van der Waals surface area contributed by atoms with Gasteiger partial charge < -0.3 is 15.0 Å². The Balaban J connectivity index is 1.11. The molecule has 0 spiro atoms. The number of ether oxygens (including phenoxy) is 1. The lowest BCUT2D eigenvalue weighted by Gasteiger charge is -2.43. The fourth-order valence-corrected chi connectivity index (χ4v) is 12.2. The number of alkyl halides is 3. The number of aromatic amines is 1. The molecule has 1 aromatic heterocycles. The van der Waals surface area contributed by atoms with Crippen LogP contribution in [0.25, 0.3) is 0 Å². The van der Waals surface area contributed by atoms with E-state index in [4.69, 9.17) is 9.88 Å². The fourth-order valence-electron chi connectivity index (χ4n) is 8.40. The smallest absolute Gasteiger partial charge is 0.416 e. The number of fused-ring (bicyclic) bond motifs is 9. The molecule has 8 rings (SSSR count). The number of nitrogens with two attached hydrogens (primary N) is 1. The summed E-state index contributed by atoms with van der Waals surface area (Å²) in [5.74, 6) is -4.03. The number of sulfonamides is 1. The van der Waals surface area contributed by atoms with Crippen LogP contribution in [0.1, 0.15) is 28.3 Å². The first-order chi connectivity index (χ1) is 24.6. The Morgan fingerprint density at radius 2 is 1.73 bits per heavy atom. The number of carbonyl (C=O) groups excluding carboxylic acids is 3. The predicted octanol–water partition coefficient (Wildman–Crippen LogP) is 5.56. The van der Waals surface area contributed by atoms with Crippen LogP contribution in [0.2, 0.25) is 0 Å². The first kappa shape index (κ1) is 35.1. The Labute approximate surface area is 310 Å². The van der Waals surface area contributed by atoms with Crippen molar-refractivity contribution in [3.8, 4) is 5.75 Å². The third kappa shape index (κ3) is 5.88. The zero-order chi connectivity index (χ0) is 36.9. The van der Waals surface area contributed by atoms with Crippen molar-refractivity contribution in [1.82, 2.24) is 4.98 Å². The highest BCUT2D eigenvalue weighted by molar-refractivity contribution is 9.10. The number of nitrogens with zero attached hydrogens (tertiary/aromatic N) is 1. The number of hydrogen-bond donors (Lipinski definition) is 3. The van der Waals surface area contributed by atoms with Crippen LogP contribution in [-0.4, -0.2) is 43.0 Å². The summed E-state index contributed by atoms with van der Waals surface area (Å²) in [6.07, 6.45) is -4.10. The van der Waals surface area contributed by atoms with Crippen molar-refractivity contribution in [2.75, 3.05) is 16.8 Å². The van der Waals surface area contributed by atoms with Gasteiger partial charge in [0.1, 0.15) is 5.75 Å². The molecular formula is C34H26BrF3N4O7S3. The van der Waals surface area contributed by atoms with E-state index in [2.05, 4.69) is 26.2 Å². The zero-order valence-corrected chi connectivity index (χ0v) is 30.5. The molecule has 4 N–H and O–H groups in total. The van der Waals surface area contributed by atoms with Crippen LogP contribution >= 0.6 is 39.0 Å². The summed E-state index contributed by atoms with van der Waals surface area (Å²) in [5, 5.41) is 8.24. The molecule has 270 valence electrons. The number of anilines is 2. The topological polar surface area (TPSA) is 169 Å². The first-order valence-corrected chi connectivity index (χ1v) is 19.9. The zero-order valence-electron chi connectivity index (χ0n) is 26.4. The van der Waals surface area contributed by atoms with Gasteiger partial charge in [-0.05, 0) is 84.8 Å². The van der Waals surface area contributed by atoms with E-state index in [1.54, 1.807) is 12.1 Å². The molecule has 2 aliphatic carbocycles. The highest BCUT2D eigenvalue weighted by atomic mass is 79.9. The van der Waals surface area contributed by atoms with E-state index in [0.29, 0.717) is 32.9 Å². The Bertz CT molecular complexity index is 2330. The molecule has 3 fully saturated rings. The van der Waals surface area contributed by atoms with Gasteiger partial charge in [-0.3, -0.25) is 24.1 Å². The first-order valence-electron chi connectivity index (χ1n) is 15.9. The van der Waals surface area contributed by atoms with Crippen molar-refractivity contribution in [2.24, 2.45) is 34.7 Å². The SMILES string of the molecule is NS(=O)(=O)c1ccc(NC(=O)COc2ccc(Br)cc2[C@H]2c3sc(=O)[nH]c3SC3C4CC(C5C(=O)N(c6cccc(C(F)(F)F)c6)C(=O)C45)C32)cc1. The third-order valence-electron chi connectivity index (χ3n) is 10.3. The minimum absolute atomic E-state index is 0.115. The van der Waals surface area contributed by atoms with Gasteiger partial charge in [0.2, 0.25) is 21.8 Å². The van der Waals surface area contributed by atoms with Gasteiger partial charge in [0.15, 0.2) is 6.61 Å². The second-order valence-electron chi connectivity index (χ2n) is 13.1. The molecule has 52 heavy (non-hydrogen) atoms. The maximum atomic E-state index is 14.1. The maximum Gasteiger partial charge on any atom is 0.416 e. The molecule has 1 saturated heterocycles. The van der Waals surface area contributed by atoms with Gasteiger partial charge in [-0.1, -0.05) is 33.3 Å². The summed E-state index contributed by atoms with van der Waals surface area (Å²) in [5.41, 5.74) is -0.103. The van der Waals surface area contributed by atoms with E-state index in [1.807, 2.05) is 6.07 Å². The normalized spacial score (nSPS) is 26.2. The second-order valence-corrected chi connectivity index (χ2v) is 17.8. The van der Waals surface area contributed by atoms with Crippen LogP contribution in [0, 0.1) is 29.6 Å². The van der Waals surface area contributed by atoms with Gasteiger partial charge in [-0.2, -0.15) is 13.2 Å². The molecule has 4 aliphatic rings. The van der Waals surface area contributed by atoms with Crippen LogP contribution in [0.15, 0.2) is 85.9 Å². The van der Waals surface area contributed by atoms with Crippen molar-refractivity contribution in [1.29, 1.82) is 0 Å². The van der Waals surface area contributed by atoms with Gasteiger partial charge in [0, 0.05) is 31.8 Å². The summed E-state index contributed by atoms with van der Waals surface area (Å²) in [6.45, 7) is -0.424. The quantitative estimate of drug-likeness (QED) is 0.204. The molecule has 2 bridgehead atoms. The lowest BCUT2D eigenvalue weighted by molar-refractivity contribution is -0.137. The number of amides is 3. The van der Waals surface area contributed by atoms with Crippen molar-refractivity contribution < 1.29 is 40.7 Å². The molecule has 2 aliphatic heterocycles. The Morgan fingerprint density at radius 1 is 1.02 bits per heavy atom. The van der Waals surface area contributed by atoms with E-state index in [-0.39, 0.29) is 38.5 Å². The van der Waals surface area contributed by atoms with Crippen LogP contribution in [0.5, 0.6) is 5.75 Å². The average Bonchev–Trinajstić information content (AvgIpc) is 3.82. The van der Waals surface area contributed by atoms with Crippen LogP contribution in [0.4, 0.5) is 24.5 Å². The van der Waals surface area contributed by atoms with E-state index in [1.165, 1.54) is 48.2 Å². The molecule has 3 amide bonds. The third-order valence-corrected chi connectivity index (χ3v) is 14.3. The number of halogens is 4. The van der Waals surface area contributed by atoms with Crippen molar-refractivity contribution in [2.45, 2.75) is 33.7 Å². The van der Waals surface area contributed by atoms with Crippen molar-refractivity contribution >= 4 is 78.1 Å². The molecule has 0 radical (unpaired) electrons. The van der Waals surface area contributed by atoms with E-state index in [9.17, 15) is 40.8 Å². The van der Waals surface area contributed by atoms with Crippen LogP contribution < -0.4 is 25.0 Å². The summed E-state index contributed by atoms with van der Waals surface area (Å²) >= 11 is 6.04. The number of carbonyl (C=O) groups is 3. The van der Waals surface area contributed by atoms with Crippen LogP contribution in [0.3, 0.4) is 0 Å². The van der Waals surface area contributed by atoms with Gasteiger partial charge in [-0.25, -0.2) is 13.6 Å². The predicted molar refractivity (Wildman–Crippen MR) is 189 cm³/mol. The second kappa shape index (κ2) is 12.6. The highest BCUT2D eigenvalue weighted by Gasteiger charge is 2.70. The number of benzene rings is 3. The number of H-pyrrole nitrogens is 1. The van der Waals surface area contributed by atoms with E-state index < -0.39 is 63.8 Å². The number of hydrogen-bond acceptors (Lipinski definition) is 9. The molecule has 11 nitrogen and oxygen atoms in total. The number of aromatic nitrogens is 1. The number of imide groups is 1. The minimum atomic E-state index is -4.66. The maximum absolute atomic E-state index is 14.1. The standard InChI is InChI=1S/C34H26BrF3N4O7S3/c35-15-4-9-22(49-13-23(43)40-16-5-7-18(8-6-16)52(39,47)48)19(11-15)24-25-20-12-21(28(25)50-30-29(24)51-33(46)41-30)27-26(20)31(44)42(32(27)45)17-3-1-2-14(10-17)34(36,37)38/h1-11,20-21,24-28H,12-13H2,(H,40,43)(H,41,46)(H2,39,47,48)/t20?,21?,24-,25?,26?,27?,28?/m1/s1.